The maximum absolute atomic E-state index is 12.5. The summed E-state index contributed by atoms with van der Waals surface area (Å²) in [6, 6.07) is 0.410. The molecule has 0 N–H and O–H groups in total. The summed E-state index contributed by atoms with van der Waals surface area (Å²) in [5, 5.41) is -1.76. The van der Waals surface area contributed by atoms with Crippen molar-refractivity contribution in [3.63, 3.8) is 0 Å². The van der Waals surface area contributed by atoms with Gasteiger partial charge in [0.15, 0.2) is 0 Å². The van der Waals surface area contributed by atoms with Crippen molar-refractivity contribution < 1.29 is 35.9 Å². The van der Waals surface area contributed by atoms with Crippen molar-refractivity contribution in [2.24, 2.45) is 0 Å². The monoisotopic (exact) mass is 385 g/mol. The standard InChI is InChI=1S/C9H3BrClF6NO2/c10-2-3-1-4(8(12,13)14)18-7(5(3)6(11)19)20-9(15,16)17/h1H,2H2. The highest BCUT2D eigenvalue weighted by molar-refractivity contribution is 9.08. The van der Waals surface area contributed by atoms with Gasteiger partial charge in [0.1, 0.15) is 11.3 Å². The second-order valence-corrected chi connectivity index (χ2v) is 4.20. The fraction of sp³-hybridized carbons (Fsp3) is 0.333. The quantitative estimate of drug-likeness (QED) is 0.442. The number of alkyl halides is 7. The van der Waals surface area contributed by atoms with E-state index in [2.05, 4.69) is 25.7 Å². The number of hydrogen-bond donors (Lipinski definition) is 0. The minimum atomic E-state index is -5.32. The van der Waals surface area contributed by atoms with Crippen LogP contribution < -0.4 is 4.74 Å². The van der Waals surface area contributed by atoms with E-state index < -0.39 is 40.5 Å². The summed E-state index contributed by atoms with van der Waals surface area (Å²) in [5.41, 5.74) is -2.94. The fourth-order valence-corrected chi connectivity index (χ4v) is 1.86. The van der Waals surface area contributed by atoms with E-state index in [1.807, 2.05) is 0 Å². The Kier molecular flexibility index (Phi) is 4.90. The molecule has 1 heterocycles. The Bertz CT molecular complexity index is 530. The molecule has 0 saturated carbocycles. The number of rotatable bonds is 3. The smallest absolute Gasteiger partial charge is 0.387 e. The summed E-state index contributed by atoms with van der Waals surface area (Å²) >= 11 is 7.81. The zero-order valence-corrected chi connectivity index (χ0v) is 11.4. The maximum atomic E-state index is 12.5. The first-order valence-corrected chi connectivity index (χ1v) is 6.08. The van der Waals surface area contributed by atoms with Crippen molar-refractivity contribution in [2.45, 2.75) is 17.9 Å². The van der Waals surface area contributed by atoms with Crippen molar-refractivity contribution in [2.75, 3.05) is 0 Å². The van der Waals surface area contributed by atoms with Gasteiger partial charge in [-0.15, -0.1) is 13.2 Å². The van der Waals surface area contributed by atoms with Gasteiger partial charge < -0.3 is 4.74 Å². The Labute approximate surface area is 121 Å². The second kappa shape index (κ2) is 5.76. The van der Waals surface area contributed by atoms with E-state index in [0.29, 0.717) is 6.07 Å². The third-order valence-electron chi connectivity index (χ3n) is 1.91. The van der Waals surface area contributed by atoms with E-state index in [4.69, 9.17) is 11.6 Å². The van der Waals surface area contributed by atoms with Gasteiger partial charge in [0.2, 0.25) is 5.88 Å². The molecule has 0 atom stereocenters. The Morgan fingerprint density at radius 1 is 1.30 bits per heavy atom. The molecule has 3 nitrogen and oxygen atoms in total. The molecule has 0 aliphatic heterocycles. The highest BCUT2D eigenvalue weighted by atomic mass is 79.9. The summed E-state index contributed by atoms with van der Waals surface area (Å²) in [6.45, 7) is 0. The lowest BCUT2D eigenvalue weighted by Gasteiger charge is -2.15. The SMILES string of the molecule is O=C(Cl)c1c(CBr)cc(C(F)(F)F)nc1OC(F)(F)F. The third kappa shape index (κ3) is 4.23. The molecule has 11 heteroatoms. The molecule has 1 aromatic rings. The molecule has 0 fully saturated rings. The molecule has 0 saturated heterocycles. The number of hydrogen-bond acceptors (Lipinski definition) is 3. The van der Waals surface area contributed by atoms with E-state index in [0.717, 1.165) is 0 Å². The van der Waals surface area contributed by atoms with Gasteiger partial charge >= 0.3 is 12.5 Å². The summed E-state index contributed by atoms with van der Waals surface area (Å²) < 4.78 is 77.3. The van der Waals surface area contributed by atoms with Crippen LogP contribution in [0.2, 0.25) is 0 Å². The molecule has 0 spiro atoms. The van der Waals surface area contributed by atoms with Crippen LogP contribution in [0.3, 0.4) is 0 Å². The molecule has 0 bridgehead atoms. The number of pyridine rings is 1. The van der Waals surface area contributed by atoms with Crippen LogP contribution in [0, 0.1) is 0 Å². The van der Waals surface area contributed by atoms with E-state index in [1.54, 1.807) is 0 Å². The first-order valence-electron chi connectivity index (χ1n) is 4.58. The van der Waals surface area contributed by atoms with Crippen molar-refractivity contribution in [3.8, 4) is 5.88 Å². The Morgan fingerprint density at radius 2 is 1.85 bits per heavy atom. The van der Waals surface area contributed by atoms with Crippen LogP contribution in [0.15, 0.2) is 6.07 Å². The van der Waals surface area contributed by atoms with Gasteiger partial charge in [-0.1, -0.05) is 15.9 Å². The lowest BCUT2D eigenvalue weighted by Crippen LogP contribution is -2.22. The van der Waals surface area contributed by atoms with E-state index in [9.17, 15) is 31.1 Å². The number of ether oxygens (including phenoxy) is 1. The molecule has 1 rings (SSSR count). The number of nitrogens with zero attached hydrogens (tertiary/aromatic N) is 1. The molecule has 0 radical (unpaired) electrons. The molecule has 0 aromatic carbocycles. The predicted octanol–water partition coefficient (Wildman–Crippen LogP) is 4.27. The maximum Gasteiger partial charge on any atom is 0.574 e. The first kappa shape index (κ1) is 17.0. The van der Waals surface area contributed by atoms with Gasteiger partial charge in [-0.2, -0.15) is 13.2 Å². The predicted molar refractivity (Wildman–Crippen MR) is 58.7 cm³/mol. The largest absolute Gasteiger partial charge is 0.574 e. The molecule has 0 unspecified atom stereocenters. The molecule has 0 aliphatic rings. The van der Waals surface area contributed by atoms with Gasteiger partial charge in [-0.05, 0) is 23.2 Å². The highest BCUT2D eigenvalue weighted by Crippen LogP contribution is 2.35. The van der Waals surface area contributed by atoms with Crippen molar-refractivity contribution >= 4 is 32.8 Å². The van der Waals surface area contributed by atoms with Gasteiger partial charge in [-0.3, -0.25) is 4.79 Å². The molecule has 0 aliphatic carbocycles. The Morgan fingerprint density at radius 3 is 2.20 bits per heavy atom. The van der Waals surface area contributed by atoms with Crippen LogP contribution in [-0.4, -0.2) is 16.6 Å². The fourth-order valence-electron chi connectivity index (χ4n) is 1.22. The normalized spacial score (nSPS) is 12.4. The van der Waals surface area contributed by atoms with Crippen molar-refractivity contribution in [3.05, 3.63) is 22.9 Å². The first-order chi connectivity index (χ1) is 8.95. The molecule has 0 amide bonds. The Hall–Kier alpha value is -1.03. The Balaban J connectivity index is 3.54. The number of aromatic nitrogens is 1. The average molecular weight is 386 g/mol. The van der Waals surface area contributed by atoms with Gasteiger partial charge in [0, 0.05) is 5.33 Å². The molecule has 112 valence electrons. The average Bonchev–Trinajstić information content (AvgIpc) is 2.23. The highest BCUT2D eigenvalue weighted by Gasteiger charge is 2.39. The van der Waals surface area contributed by atoms with Crippen LogP contribution in [0.25, 0.3) is 0 Å². The topological polar surface area (TPSA) is 39.2 Å². The van der Waals surface area contributed by atoms with E-state index >= 15 is 0 Å². The summed E-state index contributed by atoms with van der Waals surface area (Å²) in [5.74, 6) is -1.54. The van der Waals surface area contributed by atoms with Crippen LogP contribution in [-0.2, 0) is 11.5 Å². The number of carbonyl (C=O) groups is 1. The van der Waals surface area contributed by atoms with E-state index in [-0.39, 0.29) is 5.33 Å². The minimum Gasteiger partial charge on any atom is -0.387 e. The minimum absolute atomic E-state index is 0.347. The lowest BCUT2D eigenvalue weighted by atomic mass is 10.1. The number of halogens is 8. The van der Waals surface area contributed by atoms with Crippen LogP contribution in [0.1, 0.15) is 21.6 Å². The zero-order valence-electron chi connectivity index (χ0n) is 9.07. The summed E-state index contributed by atoms with van der Waals surface area (Å²) in [7, 11) is 0. The van der Waals surface area contributed by atoms with Gasteiger partial charge in [0.05, 0.1) is 0 Å². The number of carbonyl (C=O) groups excluding carboxylic acids is 1. The molecular weight excluding hydrogens is 383 g/mol. The van der Waals surface area contributed by atoms with Gasteiger partial charge in [-0.25, -0.2) is 4.98 Å². The van der Waals surface area contributed by atoms with Crippen molar-refractivity contribution in [1.29, 1.82) is 0 Å². The van der Waals surface area contributed by atoms with Gasteiger partial charge in [0.25, 0.3) is 5.24 Å². The summed E-state index contributed by atoms with van der Waals surface area (Å²) in [4.78, 5) is 13.7. The second-order valence-electron chi connectivity index (χ2n) is 3.30. The van der Waals surface area contributed by atoms with E-state index in [1.165, 1.54) is 0 Å². The lowest BCUT2D eigenvalue weighted by molar-refractivity contribution is -0.276. The molecule has 20 heavy (non-hydrogen) atoms. The molecular formula is C9H3BrClF6NO2. The van der Waals surface area contributed by atoms with Crippen molar-refractivity contribution in [1.82, 2.24) is 4.98 Å². The van der Waals surface area contributed by atoms with Crippen LogP contribution in [0.4, 0.5) is 26.3 Å². The van der Waals surface area contributed by atoms with Crippen LogP contribution >= 0.6 is 27.5 Å². The zero-order chi connectivity index (χ0) is 15.7. The molecule has 1 aromatic heterocycles. The van der Waals surface area contributed by atoms with Crippen LogP contribution in [0.5, 0.6) is 5.88 Å². The third-order valence-corrected chi connectivity index (χ3v) is 2.70. The summed E-state index contributed by atoms with van der Waals surface area (Å²) in [6.07, 6.45) is -10.3.